The highest BCUT2D eigenvalue weighted by Crippen LogP contribution is 2.21. The molecule has 0 aliphatic carbocycles. The number of nitriles is 1. The number of likely N-dealkylation sites (N-methyl/N-ethyl adjacent to an activating group) is 1. The summed E-state index contributed by atoms with van der Waals surface area (Å²) in [6, 6.07) is 14.3. The summed E-state index contributed by atoms with van der Waals surface area (Å²) in [5.74, 6) is -0.183. The van der Waals surface area contributed by atoms with Crippen molar-refractivity contribution in [2.45, 2.75) is 4.90 Å². The molecule has 1 aliphatic rings. The number of piperazine rings is 1. The molecule has 1 heterocycles. The van der Waals surface area contributed by atoms with Crippen molar-refractivity contribution in [2.75, 3.05) is 37.9 Å². The molecule has 8 heteroatoms. The van der Waals surface area contributed by atoms with Crippen LogP contribution in [0.15, 0.2) is 53.4 Å². The van der Waals surface area contributed by atoms with Crippen LogP contribution in [0.1, 0.15) is 15.9 Å². The van der Waals surface area contributed by atoms with Crippen molar-refractivity contribution < 1.29 is 13.2 Å². The lowest BCUT2D eigenvalue weighted by atomic mass is 10.2. The van der Waals surface area contributed by atoms with E-state index in [1.165, 1.54) is 24.3 Å². The summed E-state index contributed by atoms with van der Waals surface area (Å²) < 4.78 is 27.8. The zero-order valence-corrected chi connectivity index (χ0v) is 15.7. The molecule has 2 aromatic rings. The lowest BCUT2D eigenvalue weighted by Gasteiger charge is -2.32. The van der Waals surface area contributed by atoms with E-state index in [-0.39, 0.29) is 22.1 Å². The van der Waals surface area contributed by atoms with Crippen molar-refractivity contribution in [1.82, 2.24) is 9.80 Å². The van der Waals surface area contributed by atoms with E-state index in [0.29, 0.717) is 18.7 Å². The van der Waals surface area contributed by atoms with Crippen molar-refractivity contribution in [2.24, 2.45) is 0 Å². The number of nitrogens with zero attached hydrogens (tertiary/aromatic N) is 3. The van der Waals surface area contributed by atoms with Crippen LogP contribution >= 0.6 is 0 Å². The van der Waals surface area contributed by atoms with Crippen LogP contribution in [0.2, 0.25) is 0 Å². The minimum Gasteiger partial charge on any atom is -0.336 e. The minimum atomic E-state index is -3.92. The molecule has 0 radical (unpaired) electrons. The van der Waals surface area contributed by atoms with E-state index in [9.17, 15) is 13.2 Å². The first-order chi connectivity index (χ1) is 12.9. The zero-order valence-electron chi connectivity index (χ0n) is 14.9. The molecule has 0 unspecified atom stereocenters. The van der Waals surface area contributed by atoms with Gasteiger partial charge < -0.3 is 9.80 Å². The lowest BCUT2D eigenvalue weighted by Crippen LogP contribution is -2.47. The van der Waals surface area contributed by atoms with Gasteiger partial charge in [-0.2, -0.15) is 5.26 Å². The van der Waals surface area contributed by atoms with E-state index >= 15 is 0 Å². The number of amides is 1. The van der Waals surface area contributed by atoms with Gasteiger partial charge in [-0.3, -0.25) is 9.52 Å². The molecule has 0 aromatic heterocycles. The number of carbonyl (C=O) groups is 1. The fourth-order valence-electron chi connectivity index (χ4n) is 2.86. The van der Waals surface area contributed by atoms with Gasteiger partial charge in [0.2, 0.25) is 0 Å². The second kappa shape index (κ2) is 7.78. The van der Waals surface area contributed by atoms with E-state index in [4.69, 9.17) is 5.26 Å². The fourth-order valence-corrected chi connectivity index (χ4v) is 3.99. The molecule has 0 bridgehead atoms. The summed E-state index contributed by atoms with van der Waals surface area (Å²) in [5.41, 5.74) is 0.762. The maximum Gasteiger partial charge on any atom is 0.261 e. The van der Waals surface area contributed by atoms with Crippen molar-refractivity contribution in [1.29, 1.82) is 5.26 Å². The fraction of sp³-hybridized carbons (Fsp3) is 0.263. The molecule has 2 aromatic carbocycles. The largest absolute Gasteiger partial charge is 0.336 e. The normalized spacial score (nSPS) is 15.2. The second-order valence-electron chi connectivity index (χ2n) is 6.39. The Hall–Kier alpha value is -2.89. The van der Waals surface area contributed by atoms with Crippen LogP contribution in [0.25, 0.3) is 0 Å². The quantitative estimate of drug-likeness (QED) is 0.867. The zero-order chi connectivity index (χ0) is 19.4. The predicted octanol–water partition coefficient (Wildman–Crippen LogP) is 1.75. The molecule has 1 fully saturated rings. The molecule has 0 saturated carbocycles. The van der Waals surface area contributed by atoms with Gasteiger partial charge in [0.1, 0.15) is 6.07 Å². The van der Waals surface area contributed by atoms with Crippen LogP contribution in [0.5, 0.6) is 0 Å². The number of nitrogens with one attached hydrogen (secondary N) is 1. The summed E-state index contributed by atoms with van der Waals surface area (Å²) in [4.78, 5) is 16.5. The van der Waals surface area contributed by atoms with Crippen molar-refractivity contribution in [3.8, 4) is 6.07 Å². The first-order valence-corrected chi connectivity index (χ1v) is 9.99. The van der Waals surface area contributed by atoms with Gasteiger partial charge in [-0.25, -0.2) is 8.42 Å². The van der Waals surface area contributed by atoms with E-state index in [1.807, 2.05) is 13.1 Å². The Bertz CT molecular complexity index is 990. The smallest absolute Gasteiger partial charge is 0.261 e. The predicted molar refractivity (Wildman–Crippen MR) is 102 cm³/mol. The molecule has 3 rings (SSSR count). The third-order valence-electron chi connectivity index (χ3n) is 4.47. The Balaban J connectivity index is 1.84. The number of carbonyl (C=O) groups excluding carboxylic acids is 1. The highest BCUT2D eigenvalue weighted by molar-refractivity contribution is 7.92. The van der Waals surface area contributed by atoms with Gasteiger partial charge in [0, 0.05) is 31.7 Å². The number of sulfonamides is 1. The van der Waals surface area contributed by atoms with Gasteiger partial charge in [-0.05, 0) is 37.4 Å². The monoisotopic (exact) mass is 384 g/mol. The van der Waals surface area contributed by atoms with Crippen LogP contribution in [-0.4, -0.2) is 57.4 Å². The van der Waals surface area contributed by atoms with Crippen LogP contribution in [0, 0.1) is 11.3 Å². The molecule has 0 spiro atoms. The molecule has 0 atom stereocenters. The van der Waals surface area contributed by atoms with Gasteiger partial charge >= 0.3 is 0 Å². The van der Waals surface area contributed by atoms with Crippen molar-refractivity contribution in [3.05, 3.63) is 59.7 Å². The van der Waals surface area contributed by atoms with E-state index in [0.717, 1.165) is 13.1 Å². The summed E-state index contributed by atoms with van der Waals surface area (Å²) in [5, 5.41) is 9.13. The average molecular weight is 384 g/mol. The van der Waals surface area contributed by atoms with Crippen LogP contribution in [0.3, 0.4) is 0 Å². The number of hydrogen-bond donors (Lipinski definition) is 1. The molecule has 1 amide bonds. The average Bonchev–Trinajstić information content (AvgIpc) is 2.68. The highest BCUT2D eigenvalue weighted by atomic mass is 32.2. The van der Waals surface area contributed by atoms with E-state index in [2.05, 4.69) is 9.62 Å². The first-order valence-electron chi connectivity index (χ1n) is 8.50. The Morgan fingerprint density at radius 2 is 1.78 bits per heavy atom. The van der Waals surface area contributed by atoms with Crippen LogP contribution in [0.4, 0.5) is 5.69 Å². The standard InChI is InChI=1S/C19H20N4O3S/c1-22-9-11-23(12-10-22)19(24)15-6-4-7-17(13-15)27(25,26)21-18-8-3-2-5-16(18)14-20/h2-8,13,21H,9-12H2,1H3. The molecular formula is C19H20N4O3S. The molecule has 1 aliphatic heterocycles. The van der Waals surface area contributed by atoms with Crippen LogP contribution < -0.4 is 4.72 Å². The van der Waals surface area contributed by atoms with Gasteiger partial charge in [-0.1, -0.05) is 18.2 Å². The number of para-hydroxylation sites is 1. The van der Waals surface area contributed by atoms with Crippen molar-refractivity contribution >= 4 is 21.6 Å². The van der Waals surface area contributed by atoms with Gasteiger partial charge in [0.15, 0.2) is 0 Å². The third-order valence-corrected chi connectivity index (χ3v) is 5.84. The SMILES string of the molecule is CN1CCN(C(=O)c2cccc(S(=O)(=O)Nc3ccccc3C#N)c2)CC1. The maximum absolute atomic E-state index is 12.7. The molecule has 1 N–H and O–H groups in total. The first kappa shape index (κ1) is 18.9. The molecule has 7 nitrogen and oxygen atoms in total. The van der Waals surface area contributed by atoms with E-state index < -0.39 is 10.0 Å². The number of anilines is 1. The third kappa shape index (κ3) is 4.27. The maximum atomic E-state index is 12.7. The Morgan fingerprint density at radius 1 is 1.07 bits per heavy atom. The summed E-state index contributed by atoms with van der Waals surface area (Å²) >= 11 is 0. The summed E-state index contributed by atoms with van der Waals surface area (Å²) in [6.07, 6.45) is 0. The topological polar surface area (TPSA) is 93.5 Å². The highest BCUT2D eigenvalue weighted by Gasteiger charge is 2.22. The minimum absolute atomic E-state index is 0.0183. The summed E-state index contributed by atoms with van der Waals surface area (Å²) in [6.45, 7) is 2.80. The Morgan fingerprint density at radius 3 is 2.48 bits per heavy atom. The molecule has 27 heavy (non-hydrogen) atoms. The molecule has 1 saturated heterocycles. The number of benzene rings is 2. The summed E-state index contributed by atoms with van der Waals surface area (Å²) in [7, 11) is -1.92. The molecule has 140 valence electrons. The Labute approximate surface area is 158 Å². The number of rotatable bonds is 4. The number of hydrogen-bond acceptors (Lipinski definition) is 5. The van der Waals surface area contributed by atoms with Crippen molar-refractivity contribution in [3.63, 3.8) is 0 Å². The van der Waals surface area contributed by atoms with Gasteiger partial charge in [0.05, 0.1) is 16.1 Å². The second-order valence-corrected chi connectivity index (χ2v) is 8.07. The van der Waals surface area contributed by atoms with Crippen LogP contribution in [-0.2, 0) is 10.0 Å². The molecular weight excluding hydrogens is 364 g/mol. The van der Waals surface area contributed by atoms with Gasteiger partial charge in [0.25, 0.3) is 15.9 Å². The van der Waals surface area contributed by atoms with Gasteiger partial charge in [-0.15, -0.1) is 0 Å². The lowest BCUT2D eigenvalue weighted by molar-refractivity contribution is 0.0664. The van der Waals surface area contributed by atoms with E-state index in [1.54, 1.807) is 29.2 Å². The Kier molecular flexibility index (Phi) is 5.44.